The third-order valence-corrected chi connectivity index (χ3v) is 18.2. The summed E-state index contributed by atoms with van der Waals surface area (Å²) in [6.45, 7) is 9.38. The minimum atomic E-state index is -0.206. The summed E-state index contributed by atoms with van der Waals surface area (Å²) < 4.78 is 5.22. The van der Waals surface area contributed by atoms with E-state index in [0.717, 1.165) is 24.9 Å². The molecule has 11 aromatic carbocycles. The van der Waals surface area contributed by atoms with Crippen molar-refractivity contribution < 1.29 is 0 Å². The smallest absolute Gasteiger partial charge is 0.252 e. The van der Waals surface area contributed by atoms with Crippen molar-refractivity contribution in [2.75, 3.05) is 9.80 Å². The van der Waals surface area contributed by atoms with E-state index < -0.39 is 0 Å². The van der Waals surface area contributed by atoms with Crippen molar-refractivity contribution >= 4 is 111 Å². The Morgan fingerprint density at radius 2 is 1.01 bits per heavy atom. The molecule has 4 heterocycles. The van der Waals surface area contributed by atoms with Gasteiger partial charge in [-0.2, -0.15) is 0 Å². The number of unbranched alkanes of at least 4 members (excludes halogenated alkanes) is 1. The molecule has 2 aliphatic rings. The predicted molar refractivity (Wildman–Crippen MR) is 341 cm³/mol. The molecule has 0 bridgehead atoms. The molecule has 378 valence electrons. The summed E-state index contributed by atoms with van der Waals surface area (Å²) >= 11 is 1.96. The molecule has 3 nitrogen and oxygen atoms in total. The highest BCUT2D eigenvalue weighted by molar-refractivity contribution is 7.26. The Labute approximate surface area is 467 Å². The fraction of sp³-hybridized carbons (Fsp3) is 0.108. The monoisotopic (exact) mass is 1030 g/mol. The van der Waals surface area contributed by atoms with Gasteiger partial charge in [-0.15, -0.1) is 11.3 Å². The van der Waals surface area contributed by atoms with Crippen molar-refractivity contribution in [3.05, 3.63) is 254 Å². The van der Waals surface area contributed by atoms with E-state index in [2.05, 4.69) is 285 Å². The van der Waals surface area contributed by atoms with Crippen molar-refractivity contribution in [3.8, 4) is 39.1 Å². The molecule has 0 radical (unpaired) electrons. The molecule has 0 amide bonds. The van der Waals surface area contributed by atoms with Crippen LogP contribution in [0.4, 0.5) is 34.1 Å². The molecule has 0 unspecified atom stereocenters. The Bertz CT molecular complexity index is 4420. The molecule has 0 saturated heterocycles. The van der Waals surface area contributed by atoms with Gasteiger partial charge in [0, 0.05) is 70.5 Å². The van der Waals surface area contributed by atoms with Gasteiger partial charge in [-0.1, -0.05) is 222 Å². The Morgan fingerprint density at radius 3 is 1.66 bits per heavy atom. The SMILES string of the molecule is CCCCc1c(N2c3cc(-n4c5ccccc5c5ccccc54)ccc3B3c4cc(-c5ccccc5)ccc4N(c4c(-c5ccccc5)cccc4-c4ccccc4)c4cc(C(C)(C)C)cc2c43)ccc2c1sc1ccccc12. The lowest BCUT2D eigenvalue weighted by Gasteiger charge is -2.46. The molecular formula is C74H58BN3S. The number of benzene rings is 11. The number of nitrogens with zero attached hydrogens (tertiary/aromatic N) is 3. The Morgan fingerprint density at radius 1 is 0.430 bits per heavy atom. The summed E-state index contributed by atoms with van der Waals surface area (Å²) in [6.07, 6.45) is 3.17. The second-order valence-corrected chi connectivity index (χ2v) is 23.7. The number of aromatic nitrogens is 1. The summed E-state index contributed by atoms with van der Waals surface area (Å²) in [4.78, 5) is 5.39. The van der Waals surface area contributed by atoms with Crippen molar-refractivity contribution in [1.29, 1.82) is 0 Å². The lowest BCUT2D eigenvalue weighted by molar-refractivity contribution is 0.590. The van der Waals surface area contributed by atoms with E-state index in [1.807, 2.05) is 11.3 Å². The van der Waals surface area contributed by atoms with E-state index in [1.54, 1.807) is 0 Å². The number of para-hydroxylation sites is 3. The number of thiophene rings is 1. The van der Waals surface area contributed by atoms with Crippen molar-refractivity contribution in [3.63, 3.8) is 0 Å². The quantitative estimate of drug-likeness (QED) is 0.134. The summed E-state index contributed by atoms with van der Waals surface area (Å²) in [5.41, 5.74) is 24.4. The molecule has 0 atom stereocenters. The normalized spacial score (nSPS) is 12.9. The summed E-state index contributed by atoms with van der Waals surface area (Å²) in [7, 11) is 0. The first-order valence-corrected chi connectivity index (χ1v) is 28.9. The van der Waals surface area contributed by atoms with Crippen molar-refractivity contribution in [2.45, 2.75) is 52.4 Å². The topological polar surface area (TPSA) is 11.4 Å². The maximum atomic E-state index is 2.72. The maximum absolute atomic E-state index is 2.72. The molecule has 13 aromatic rings. The van der Waals surface area contributed by atoms with Gasteiger partial charge in [-0.3, -0.25) is 0 Å². The fourth-order valence-corrected chi connectivity index (χ4v) is 14.5. The first kappa shape index (κ1) is 47.3. The largest absolute Gasteiger partial charge is 0.311 e. The Kier molecular flexibility index (Phi) is 11.2. The van der Waals surface area contributed by atoms with Gasteiger partial charge in [0.15, 0.2) is 0 Å². The van der Waals surface area contributed by atoms with Crippen LogP contribution in [-0.2, 0) is 11.8 Å². The van der Waals surface area contributed by atoms with Crippen LogP contribution in [0.25, 0.3) is 81.0 Å². The molecule has 0 fully saturated rings. The molecule has 5 heteroatoms. The summed E-state index contributed by atoms with van der Waals surface area (Å²) in [5, 5.41) is 5.19. The van der Waals surface area contributed by atoms with E-state index in [9.17, 15) is 0 Å². The number of fused-ring (bicyclic) bond motifs is 10. The lowest BCUT2D eigenvalue weighted by Crippen LogP contribution is -2.61. The number of hydrogen-bond acceptors (Lipinski definition) is 3. The number of anilines is 6. The minimum Gasteiger partial charge on any atom is -0.311 e. The van der Waals surface area contributed by atoms with Crippen LogP contribution >= 0.6 is 11.3 Å². The average molecular weight is 1030 g/mol. The first-order valence-electron chi connectivity index (χ1n) is 28.1. The van der Waals surface area contributed by atoms with E-state index >= 15 is 0 Å². The van der Waals surface area contributed by atoms with Crippen LogP contribution in [0, 0.1) is 0 Å². The number of rotatable bonds is 9. The van der Waals surface area contributed by atoms with Crippen LogP contribution in [0.15, 0.2) is 243 Å². The summed E-state index contributed by atoms with van der Waals surface area (Å²) in [5.74, 6) is 0. The molecule has 2 aromatic heterocycles. The lowest BCUT2D eigenvalue weighted by atomic mass is 9.33. The van der Waals surface area contributed by atoms with Gasteiger partial charge in [0.2, 0.25) is 0 Å². The Balaban J connectivity index is 1.10. The average Bonchev–Trinajstić information content (AvgIpc) is 4.15. The van der Waals surface area contributed by atoms with Crippen LogP contribution in [0.3, 0.4) is 0 Å². The van der Waals surface area contributed by atoms with Crippen LogP contribution in [0.5, 0.6) is 0 Å². The van der Waals surface area contributed by atoms with Crippen molar-refractivity contribution in [1.82, 2.24) is 4.57 Å². The molecule has 79 heavy (non-hydrogen) atoms. The van der Waals surface area contributed by atoms with Crippen LogP contribution in [0.2, 0.25) is 0 Å². The first-order chi connectivity index (χ1) is 38.8. The molecule has 0 saturated carbocycles. The zero-order valence-electron chi connectivity index (χ0n) is 45.0. The van der Waals surface area contributed by atoms with Gasteiger partial charge in [0.05, 0.1) is 22.4 Å². The fourth-order valence-electron chi connectivity index (χ4n) is 13.2. The second-order valence-electron chi connectivity index (χ2n) is 22.6. The van der Waals surface area contributed by atoms with Crippen molar-refractivity contribution in [2.24, 2.45) is 0 Å². The summed E-state index contributed by atoms with van der Waals surface area (Å²) in [6, 6.07) is 91.5. The highest BCUT2D eigenvalue weighted by Crippen LogP contribution is 2.53. The van der Waals surface area contributed by atoms with Gasteiger partial charge < -0.3 is 14.4 Å². The minimum absolute atomic E-state index is 0.108. The molecule has 0 spiro atoms. The van der Waals surface area contributed by atoms with Crippen LogP contribution < -0.4 is 26.2 Å². The molecular weight excluding hydrogens is 974 g/mol. The number of hydrogen-bond donors (Lipinski definition) is 0. The number of aryl methyl sites for hydroxylation is 1. The maximum Gasteiger partial charge on any atom is 0.252 e. The van der Waals surface area contributed by atoms with Gasteiger partial charge in [-0.25, -0.2) is 0 Å². The molecule has 15 rings (SSSR count). The van der Waals surface area contributed by atoms with E-state index in [0.29, 0.717) is 0 Å². The standard InChI is InChI=1S/C74H58BN3S/c1-5-6-29-60-65(43-40-59-58-32-18-21-37-70(58)79-73(59)60)77-67-47-53(76-63-35-19-16-30-56(63)57-31-17-20-36-64(57)76)39-41-61(67)75-62-44-51(48-23-10-7-11-24-48)38-42-66(62)78(69-46-52(74(2,3)4)45-68(77)71(69)75)72-54(49-25-12-8-13-26-49)33-22-34-55(72)50-27-14-9-15-28-50/h7-28,30-47H,5-6,29H2,1-4H3. The van der Waals surface area contributed by atoms with Crippen LogP contribution in [-0.4, -0.2) is 11.3 Å². The van der Waals surface area contributed by atoms with E-state index in [4.69, 9.17) is 0 Å². The zero-order valence-corrected chi connectivity index (χ0v) is 45.9. The van der Waals surface area contributed by atoms with Gasteiger partial charge in [-0.05, 0) is 123 Å². The zero-order chi connectivity index (χ0) is 52.9. The van der Waals surface area contributed by atoms with E-state index in [-0.39, 0.29) is 12.1 Å². The highest BCUT2D eigenvalue weighted by Gasteiger charge is 2.46. The van der Waals surface area contributed by atoms with Gasteiger partial charge in [0.25, 0.3) is 6.71 Å². The third kappa shape index (κ3) is 7.54. The molecule has 2 aliphatic heterocycles. The van der Waals surface area contributed by atoms with Gasteiger partial charge >= 0.3 is 0 Å². The predicted octanol–water partition coefficient (Wildman–Crippen LogP) is 18.9. The Hall–Kier alpha value is -8.90. The molecule has 0 aliphatic carbocycles. The van der Waals surface area contributed by atoms with E-state index in [1.165, 1.54) is 137 Å². The second kappa shape index (κ2) is 18.6. The highest BCUT2D eigenvalue weighted by atomic mass is 32.1. The molecule has 0 N–H and O–H groups in total. The van der Waals surface area contributed by atoms with Gasteiger partial charge in [0.1, 0.15) is 0 Å². The van der Waals surface area contributed by atoms with Crippen LogP contribution in [0.1, 0.15) is 51.7 Å². The third-order valence-electron chi connectivity index (χ3n) is 16.9.